The van der Waals surface area contributed by atoms with Gasteiger partial charge in [0, 0.05) is 22.6 Å². The zero-order valence-corrected chi connectivity index (χ0v) is 18.0. The largest absolute Gasteiger partial charge is 0.507 e. The second-order valence-corrected chi connectivity index (χ2v) is 8.66. The molecule has 6 heteroatoms. The quantitative estimate of drug-likeness (QED) is 0.470. The van der Waals surface area contributed by atoms with Crippen molar-refractivity contribution in [1.82, 2.24) is 0 Å². The van der Waals surface area contributed by atoms with Gasteiger partial charge in [-0.1, -0.05) is 25.5 Å². The van der Waals surface area contributed by atoms with Crippen LogP contribution in [-0.2, 0) is 11.8 Å². The topological polar surface area (TPSA) is 89.1 Å². The van der Waals surface area contributed by atoms with Gasteiger partial charge in [0.15, 0.2) is 11.3 Å². The molecule has 30 heavy (non-hydrogen) atoms. The van der Waals surface area contributed by atoms with Crippen LogP contribution < -0.4 is 14.9 Å². The van der Waals surface area contributed by atoms with E-state index in [1.54, 1.807) is 12.1 Å². The Morgan fingerprint density at radius 2 is 1.93 bits per heavy atom. The van der Waals surface area contributed by atoms with E-state index in [1.807, 2.05) is 40.7 Å². The van der Waals surface area contributed by atoms with Crippen LogP contribution in [0, 0.1) is 0 Å². The van der Waals surface area contributed by atoms with Crippen LogP contribution in [0.25, 0.3) is 21.9 Å². The van der Waals surface area contributed by atoms with Crippen LogP contribution in [0.1, 0.15) is 45.7 Å². The van der Waals surface area contributed by atoms with Crippen molar-refractivity contribution >= 4 is 21.9 Å². The highest BCUT2D eigenvalue weighted by molar-refractivity contribution is 5.98. The molecule has 2 N–H and O–H groups in total. The maximum Gasteiger partial charge on any atom is 0.204 e. The summed E-state index contributed by atoms with van der Waals surface area (Å²) in [6.07, 6.45) is 2.22. The molecule has 158 valence electrons. The van der Waals surface area contributed by atoms with Crippen molar-refractivity contribution in [2.24, 2.45) is 0 Å². The average Bonchev–Trinajstić information content (AvgIpc) is 2.89. The van der Waals surface area contributed by atoms with Gasteiger partial charge in [0.05, 0.1) is 12.5 Å². The highest BCUT2D eigenvalue weighted by Gasteiger charge is 2.42. The number of phenolic OH excluding ortho intramolecular Hbond substituents is 2. The van der Waals surface area contributed by atoms with Gasteiger partial charge in [-0.05, 0) is 33.3 Å². The lowest BCUT2D eigenvalue weighted by Crippen LogP contribution is -2.29. The predicted molar refractivity (Wildman–Crippen MR) is 116 cm³/mol. The van der Waals surface area contributed by atoms with E-state index in [0.717, 1.165) is 5.57 Å². The van der Waals surface area contributed by atoms with E-state index in [4.69, 9.17) is 13.9 Å². The van der Waals surface area contributed by atoms with Gasteiger partial charge in [-0.25, -0.2) is 0 Å². The molecule has 0 amide bonds. The van der Waals surface area contributed by atoms with Crippen molar-refractivity contribution in [3.63, 3.8) is 0 Å². The van der Waals surface area contributed by atoms with Crippen LogP contribution in [0.15, 0.2) is 33.0 Å². The Kier molecular flexibility index (Phi) is 4.49. The first-order valence-electron chi connectivity index (χ1n) is 9.93. The zero-order valence-electron chi connectivity index (χ0n) is 18.0. The molecule has 2 aromatic carbocycles. The number of fused-ring (bicyclic) bond motifs is 3. The Morgan fingerprint density at radius 3 is 2.57 bits per heavy atom. The summed E-state index contributed by atoms with van der Waals surface area (Å²) in [6, 6.07) is 3.24. The number of phenols is 2. The van der Waals surface area contributed by atoms with Gasteiger partial charge in [-0.15, -0.1) is 0 Å². The molecule has 1 aliphatic heterocycles. The fourth-order valence-electron chi connectivity index (χ4n) is 4.04. The van der Waals surface area contributed by atoms with Crippen LogP contribution >= 0.6 is 0 Å². The number of methoxy groups -OCH3 is 1. The average molecular weight is 410 g/mol. The van der Waals surface area contributed by atoms with Crippen molar-refractivity contribution in [3.8, 4) is 23.0 Å². The predicted octanol–water partition coefficient (Wildman–Crippen LogP) is 4.93. The summed E-state index contributed by atoms with van der Waals surface area (Å²) >= 11 is 0. The molecule has 6 nitrogen and oxygen atoms in total. The Balaban J connectivity index is 2.11. The molecule has 1 aliphatic rings. The Morgan fingerprint density at radius 1 is 1.23 bits per heavy atom. The molecule has 0 unspecified atom stereocenters. The van der Waals surface area contributed by atoms with Gasteiger partial charge in [0.25, 0.3) is 0 Å². The van der Waals surface area contributed by atoms with Crippen LogP contribution in [0.2, 0.25) is 0 Å². The van der Waals surface area contributed by atoms with Crippen molar-refractivity contribution in [3.05, 3.63) is 45.1 Å². The normalized spacial score (nSPS) is 17.1. The fraction of sp³-hybridized carbons (Fsp3) is 0.375. The molecule has 0 fully saturated rings. The summed E-state index contributed by atoms with van der Waals surface area (Å²) < 4.78 is 17.3. The standard InChI is InChI=1S/C24H26O6/c1-11(2)7-8-13-9-14-20(26)17-15(30-22(14)23(28-6)19(13)25)10-16-18(21(17)27)24(4,5)12(3)29-16/h7,9-10,12,25,27H,8H2,1-6H3/t12-/m1/s1. The SMILES string of the molecule is COc1c(O)c(CC=C(C)C)cc2c(=O)c3c(O)c4c(cc3oc12)O[C@H](C)C4(C)C. The third kappa shape index (κ3) is 2.74. The number of allylic oxidation sites excluding steroid dienone is 2. The molecule has 4 rings (SSSR count). The van der Waals surface area contributed by atoms with Crippen LogP contribution in [0.5, 0.6) is 23.0 Å². The molecule has 1 aromatic heterocycles. The van der Waals surface area contributed by atoms with E-state index in [9.17, 15) is 15.0 Å². The number of hydrogen-bond donors (Lipinski definition) is 2. The third-order valence-corrected chi connectivity index (χ3v) is 6.10. The van der Waals surface area contributed by atoms with E-state index in [2.05, 4.69) is 0 Å². The second kappa shape index (κ2) is 6.69. The van der Waals surface area contributed by atoms with Gasteiger partial charge in [0.1, 0.15) is 28.6 Å². The van der Waals surface area contributed by atoms with Crippen LogP contribution in [0.4, 0.5) is 0 Å². The molecule has 0 aliphatic carbocycles. The zero-order chi connectivity index (χ0) is 22.0. The van der Waals surface area contributed by atoms with E-state index in [-0.39, 0.29) is 50.7 Å². The molecule has 0 spiro atoms. The minimum atomic E-state index is -0.462. The molecule has 1 atom stereocenters. The molecule has 0 saturated heterocycles. The molecular weight excluding hydrogens is 384 g/mol. The summed E-state index contributed by atoms with van der Waals surface area (Å²) in [5, 5.41) is 22.1. The summed E-state index contributed by atoms with van der Waals surface area (Å²) in [4.78, 5) is 13.5. The van der Waals surface area contributed by atoms with Gasteiger partial charge < -0.3 is 24.1 Å². The first kappa shape index (κ1) is 20.1. The second-order valence-electron chi connectivity index (χ2n) is 8.66. The highest BCUT2D eigenvalue weighted by Crippen LogP contribution is 2.50. The summed E-state index contributed by atoms with van der Waals surface area (Å²) in [6.45, 7) is 9.78. The summed E-state index contributed by atoms with van der Waals surface area (Å²) in [5.41, 5.74) is 1.72. The molecule has 0 bridgehead atoms. The van der Waals surface area contributed by atoms with Gasteiger partial charge in [0.2, 0.25) is 11.2 Å². The molecule has 0 radical (unpaired) electrons. The maximum absolute atomic E-state index is 13.5. The van der Waals surface area contributed by atoms with Crippen molar-refractivity contribution in [1.29, 1.82) is 0 Å². The third-order valence-electron chi connectivity index (χ3n) is 6.10. The first-order chi connectivity index (χ1) is 14.1. The van der Waals surface area contributed by atoms with Crippen molar-refractivity contribution in [2.75, 3.05) is 7.11 Å². The van der Waals surface area contributed by atoms with Crippen molar-refractivity contribution in [2.45, 2.75) is 52.6 Å². The van der Waals surface area contributed by atoms with E-state index in [0.29, 0.717) is 23.3 Å². The van der Waals surface area contributed by atoms with Crippen LogP contribution in [-0.4, -0.2) is 23.4 Å². The fourth-order valence-corrected chi connectivity index (χ4v) is 4.04. The number of aromatic hydroxyl groups is 2. The van der Waals surface area contributed by atoms with E-state index < -0.39 is 5.41 Å². The molecular formula is C24H26O6. The number of hydrogen-bond acceptors (Lipinski definition) is 6. The first-order valence-corrected chi connectivity index (χ1v) is 9.93. The number of rotatable bonds is 3. The summed E-state index contributed by atoms with van der Waals surface area (Å²) in [7, 11) is 1.41. The minimum Gasteiger partial charge on any atom is -0.507 e. The molecule has 0 saturated carbocycles. The Labute approximate surface area is 174 Å². The Bertz CT molecular complexity index is 1280. The van der Waals surface area contributed by atoms with E-state index >= 15 is 0 Å². The summed E-state index contributed by atoms with van der Waals surface area (Å²) in [5.74, 6) is 0.397. The lowest BCUT2D eigenvalue weighted by molar-refractivity contribution is 0.185. The lowest BCUT2D eigenvalue weighted by atomic mass is 9.80. The maximum atomic E-state index is 13.5. The Hall–Kier alpha value is -3.15. The van der Waals surface area contributed by atoms with Gasteiger partial charge >= 0.3 is 0 Å². The van der Waals surface area contributed by atoms with Crippen LogP contribution in [0.3, 0.4) is 0 Å². The van der Waals surface area contributed by atoms with Gasteiger partial charge in [-0.3, -0.25) is 4.79 Å². The smallest absolute Gasteiger partial charge is 0.204 e. The molecule has 2 heterocycles. The van der Waals surface area contributed by atoms with Gasteiger partial charge in [-0.2, -0.15) is 0 Å². The number of ether oxygens (including phenoxy) is 2. The highest BCUT2D eigenvalue weighted by atomic mass is 16.5. The molecule has 3 aromatic rings. The lowest BCUT2D eigenvalue weighted by Gasteiger charge is -2.22. The van der Waals surface area contributed by atoms with Crippen molar-refractivity contribution < 1.29 is 24.1 Å². The van der Waals surface area contributed by atoms with E-state index in [1.165, 1.54) is 7.11 Å². The monoisotopic (exact) mass is 410 g/mol. The minimum absolute atomic E-state index is 0.0682. The number of benzene rings is 2.